The van der Waals surface area contributed by atoms with Gasteiger partial charge in [0, 0.05) is 11.0 Å². The molecule has 0 aliphatic carbocycles. The molecule has 0 aliphatic heterocycles. The largest absolute Gasteiger partial charge is 0.493 e. The van der Waals surface area contributed by atoms with Crippen LogP contribution in [0.25, 0.3) is 10.9 Å². The second-order valence-electron chi connectivity index (χ2n) is 4.92. The number of fused-ring (bicyclic) bond motifs is 1. The van der Waals surface area contributed by atoms with Gasteiger partial charge in [0.15, 0.2) is 17.2 Å². The van der Waals surface area contributed by atoms with Crippen LogP contribution in [0.15, 0.2) is 47.5 Å². The topological polar surface area (TPSA) is 94.4 Å². The Kier molecular flexibility index (Phi) is 4.90. The quantitative estimate of drug-likeness (QED) is 0.538. The van der Waals surface area contributed by atoms with E-state index in [2.05, 4.69) is 10.2 Å². The Bertz CT molecular complexity index is 945. The van der Waals surface area contributed by atoms with Gasteiger partial charge in [-0.3, -0.25) is 5.41 Å². The first kappa shape index (κ1) is 16.8. The third-order valence-electron chi connectivity index (χ3n) is 3.50. The first-order chi connectivity index (χ1) is 12.2. The molecular weight excluding hydrogens is 342 g/mol. The fraction of sp³-hybridized carbons (Fsp3) is 0.118. The van der Waals surface area contributed by atoms with Crippen LogP contribution in [0.4, 0.5) is 0 Å². The lowest BCUT2D eigenvalue weighted by molar-refractivity contribution is 0.355. The molecule has 0 spiro atoms. The first-order valence-corrected chi connectivity index (χ1v) is 8.44. The zero-order valence-corrected chi connectivity index (χ0v) is 14.4. The average molecular weight is 357 g/mol. The van der Waals surface area contributed by atoms with Crippen LogP contribution in [0.2, 0.25) is 0 Å². The standard InChI is InChI=1S/C17H15N3O4S/c1-22-15-7-13-14(8-16(15)23-2)20-19-9-17(13)24-11-3-5-12(6-4-11)25(21)10-18/h3-10,18H,1-2H3. The number of rotatable bonds is 6. The van der Waals surface area contributed by atoms with Crippen molar-refractivity contribution in [2.45, 2.75) is 4.90 Å². The summed E-state index contributed by atoms with van der Waals surface area (Å²) in [6.07, 6.45) is 1.51. The average Bonchev–Trinajstić information content (AvgIpc) is 2.67. The number of aromatic nitrogens is 2. The van der Waals surface area contributed by atoms with Gasteiger partial charge in [0.05, 0.1) is 42.1 Å². The molecule has 7 nitrogen and oxygen atoms in total. The van der Waals surface area contributed by atoms with Gasteiger partial charge in [0.1, 0.15) is 11.3 Å². The normalized spacial score (nSPS) is 11.8. The molecule has 1 atom stereocenters. The molecule has 0 radical (unpaired) electrons. The molecule has 8 heteroatoms. The molecule has 0 bridgehead atoms. The number of ether oxygens (including phenoxy) is 3. The van der Waals surface area contributed by atoms with E-state index in [9.17, 15) is 4.21 Å². The number of hydrogen-bond acceptors (Lipinski definition) is 7. The Morgan fingerprint density at radius 3 is 2.36 bits per heavy atom. The number of nitrogens with zero attached hydrogens (tertiary/aromatic N) is 2. The molecule has 1 heterocycles. The summed E-state index contributed by atoms with van der Waals surface area (Å²) in [6, 6.07) is 10.2. The smallest absolute Gasteiger partial charge is 0.162 e. The number of benzene rings is 2. The summed E-state index contributed by atoms with van der Waals surface area (Å²) in [5.41, 5.74) is 1.49. The number of hydrogen-bond donors (Lipinski definition) is 1. The van der Waals surface area contributed by atoms with Gasteiger partial charge in [0.25, 0.3) is 0 Å². The zero-order chi connectivity index (χ0) is 17.8. The summed E-state index contributed by atoms with van der Waals surface area (Å²) in [5.74, 6) is 2.17. The van der Waals surface area contributed by atoms with E-state index in [4.69, 9.17) is 19.6 Å². The molecule has 128 valence electrons. The molecule has 0 aliphatic rings. The Morgan fingerprint density at radius 1 is 1.04 bits per heavy atom. The van der Waals surface area contributed by atoms with Gasteiger partial charge in [-0.05, 0) is 30.3 Å². The van der Waals surface area contributed by atoms with E-state index in [0.717, 1.165) is 10.9 Å². The van der Waals surface area contributed by atoms with Crippen molar-refractivity contribution < 1.29 is 18.4 Å². The van der Waals surface area contributed by atoms with Crippen molar-refractivity contribution in [2.75, 3.05) is 14.2 Å². The van der Waals surface area contributed by atoms with Crippen molar-refractivity contribution >= 4 is 27.2 Å². The van der Waals surface area contributed by atoms with Crippen LogP contribution in [0.1, 0.15) is 0 Å². The second-order valence-corrected chi connectivity index (χ2v) is 6.22. The minimum Gasteiger partial charge on any atom is -0.493 e. The Labute approximate surface area is 146 Å². The summed E-state index contributed by atoms with van der Waals surface area (Å²) < 4.78 is 28.0. The lowest BCUT2D eigenvalue weighted by Crippen LogP contribution is -1.95. The highest BCUT2D eigenvalue weighted by molar-refractivity contribution is 7.98. The third kappa shape index (κ3) is 3.43. The SMILES string of the molecule is COc1cc2nncc(Oc3ccc(S(=O)C=N)cc3)c2cc1OC. The van der Waals surface area contributed by atoms with Crippen LogP contribution in [-0.4, -0.2) is 34.2 Å². The molecule has 1 aromatic heterocycles. The molecule has 0 fully saturated rings. The van der Waals surface area contributed by atoms with E-state index in [1.54, 1.807) is 50.6 Å². The lowest BCUT2D eigenvalue weighted by Gasteiger charge is -2.11. The highest BCUT2D eigenvalue weighted by Crippen LogP contribution is 2.36. The molecule has 0 amide bonds. The third-order valence-corrected chi connectivity index (χ3v) is 4.45. The van der Waals surface area contributed by atoms with E-state index in [1.807, 2.05) is 0 Å². The van der Waals surface area contributed by atoms with Crippen molar-refractivity contribution in [1.82, 2.24) is 10.2 Å². The van der Waals surface area contributed by atoms with E-state index in [-0.39, 0.29) is 0 Å². The molecule has 1 N–H and O–H groups in total. The summed E-state index contributed by atoms with van der Waals surface area (Å²) in [5, 5.41) is 15.8. The van der Waals surface area contributed by atoms with Gasteiger partial charge in [-0.25, -0.2) is 4.21 Å². The highest BCUT2D eigenvalue weighted by Gasteiger charge is 2.12. The molecule has 0 saturated carbocycles. The molecule has 0 saturated heterocycles. The van der Waals surface area contributed by atoms with Crippen molar-refractivity contribution in [1.29, 1.82) is 5.41 Å². The molecule has 3 rings (SSSR count). The predicted molar refractivity (Wildman–Crippen MR) is 94.4 cm³/mol. The maximum absolute atomic E-state index is 11.6. The van der Waals surface area contributed by atoms with E-state index in [0.29, 0.717) is 33.4 Å². The summed E-state index contributed by atoms with van der Waals surface area (Å²) in [7, 11) is 1.67. The van der Waals surface area contributed by atoms with Crippen LogP contribution in [-0.2, 0) is 10.8 Å². The van der Waals surface area contributed by atoms with Crippen molar-refractivity contribution in [3.8, 4) is 23.0 Å². The van der Waals surface area contributed by atoms with Gasteiger partial charge in [-0.15, -0.1) is 0 Å². The van der Waals surface area contributed by atoms with Gasteiger partial charge in [-0.2, -0.15) is 10.2 Å². The Morgan fingerprint density at radius 2 is 1.72 bits per heavy atom. The zero-order valence-electron chi connectivity index (χ0n) is 13.6. The monoisotopic (exact) mass is 357 g/mol. The van der Waals surface area contributed by atoms with Crippen LogP contribution in [0.5, 0.6) is 23.0 Å². The molecular formula is C17H15N3O4S. The van der Waals surface area contributed by atoms with Crippen LogP contribution in [0.3, 0.4) is 0 Å². The predicted octanol–water partition coefficient (Wildman–Crippen LogP) is 3.15. The maximum Gasteiger partial charge on any atom is 0.162 e. The van der Waals surface area contributed by atoms with Gasteiger partial charge in [-0.1, -0.05) is 0 Å². The van der Waals surface area contributed by atoms with Crippen LogP contribution in [0, 0.1) is 5.41 Å². The minimum absolute atomic E-state index is 0.506. The van der Waals surface area contributed by atoms with E-state index < -0.39 is 10.8 Å². The van der Waals surface area contributed by atoms with Crippen molar-refractivity contribution in [2.24, 2.45) is 0 Å². The van der Waals surface area contributed by atoms with Gasteiger partial charge < -0.3 is 14.2 Å². The number of methoxy groups -OCH3 is 2. The first-order valence-electron chi connectivity index (χ1n) is 7.22. The number of nitrogens with one attached hydrogen (secondary N) is 1. The van der Waals surface area contributed by atoms with Crippen LogP contribution >= 0.6 is 0 Å². The Hall–Kier alpha value is -3.00. The molecule has 1 unspecified atom stereocenters. The van der Waals surface area contributed by atoms with E-state index >= 15 is 0 Å². The lowest BCUT2D eigenvalue weighted by atomic mass is 10.2. The fourth-order valence-electron chi connectivity index (χ4n) is 2.28. The fourth-order valence-corrected chi connectivity index (χ4v) is 2.82. The van der Waals surface area contributed by atoms with E-state index in [1.165, 1.54) is 6.20 Å². The molecule has 25 heavy (non-hydrogen) atoms. The van der Waals surface area contributed by atoms with Gasteiger partial charge >= 0.3 is 0 Å². The van der Waals surface area contributed by atoms with Crippen molar-refractivity contribution in [3.05, 3.63) is 42.6 Å². The summed E-state index contributed by atoms with van der Waals surface area (Å²) in [4.78, 5) is 0.534. The Balaban J connectivity index is 1.98. The van der Waals surface area contributed by atoms with Crippen molar-refractivity contribution in [3.63, 3.8) is 0 Å². The van der Waals surface area contributed by atoms with Gasteiger partial charge in [0.2, 0.25) is 0 Å². The maximum atomic E-state index is 11.6. The van der Waals surface area contributed by atoms with Crippen LogP contribution < -0.4 is 14.2 Å². The molecule has 3 aromatic rings. The summed E-state index contributed by atoms with van der Waals surface area (Å²) in [6.45, 7) is 0. The molecule has 2 aromatic carbocycles. The second kappa shape index (κ2) is 7.27. The highest BCUT2D eigenvalue weighted by atomic mass is 32.2. The minimum atomic E-state index is -1.44. The summed E-state index contributed by atoms with van der Waals surface area (Å²) >= 11 is 0.